The molecule has 1 aromatic carbocycles. The van der Waals surface area contributed by atoms with Crippen LogP contribution in [-0.4, -0.2) is 74.4 Å². The smallest absolute Gasteiger partial charge is 0.251 e. The number of likely N-dealkylation sites (tertiary alicyclic amines) is 1. The quantitative estimate of drug-likeness (QED) is 0.630. The topological polar surface area (TPSA) is 96.0 Å². The van der Waals surface area contributed by atoms with Gasteiger partial charge in [-0.25, -0.2) is 8.42 Å². The Kier molecular flexibility index (Phi) is 7.38. The number of benzene rings is 1. The molecule has 2 aliphatic rings. The average molecular weight is 458 g/mol. The highest BCUT2D eigenvalue weighted by Gasteiger charge is 2.33. The summed E-state index contributed by atoms with van der Waals surface area (Å²) >= 11 is 6.18. The molecule has 0 saturated carbocycles. The molecule has 1 aromatic rings. The van der Waals surface area contributed by atoms with Gasteiger partial charge in [0.05, 0.1) is 17.2 Å². The Morgan fingerprint density at radius 1 is 1.27 bits per heavy atom. The second-order valence-electron chi connectivity index (χ2n) is 7.82. The van der Waals surface area contributed by atoms with E-state index in [1.54, 1.807) is 4.90 Å². The standard InChI is InChI=1S/C20H28ClN3O5S/c1-14-12-24(13-15(2)29-14)30(27,28)18-11-16(6-7-17(18)21)20(26)22-8-4-10-23-9-3-5-19(23)25/h6-7,11,14-15H,3-5,8-10,12-13H2,1-2H3,(H,22,26)/t14-,15+. The average Bonchev–Trinajstić information content (AvgIpc) is 3.09. The van der Waals surface area contributed by atoms with Crippen molar-refractivity contribution in [1.82, 2.24) is 14.5 Å². The van der Waals surface area contributed by atoms with Crippen molar-refractivity contribution < 1.29 is 22.7 Å². The lowest BCUT2D eigenvalue weighted by Crippen LogP contribution is -2.48. The van der Waals surface area contributed by atoms with Crippen LogP contribution >= 0.6 is 11.6 Å². The molecule has 1 N–H and O–H groups in total. The fourth-order valence-electron chi connectivity index (χ4n) is 3.82. The van der Waals surface area contributed by atoms with Crippen LogP contribution in [0.1, 0.15) is 43.5 Å². The highest BCUT2D eigenvalue weighted by molar-refractivity contribution is 7.89. The maximum absolute atomic E-state index is 13.1. The van der Waals surface area contributed by atoms with Crippen molar-refractivity contribution in [2.75, 3.05) is 32.7 Å². The lowest BCUT2D eigenvalue weighted by molar-refractivity contribution is -0.127. The number of carbonyl (C=O) groups excluding carboxylic acids is 2. The van der Waals surface area contributed by atoms with Crippen molar-refractivity contribution >= 4 is 33.4 Å². The maximum atomic E-state index is 13.1. The molecule has 10 heteroatoms. The van der Waals surface area contributed by atoms with Gasteiger partial charge in [0.15, 0.2) is 0 Å². The number of nitrogens with one attached hydrogen (secondary N) is 1. The second kappa shape index (κ2) is 9.64. The SMILES string of the molecule is C[C@@H]1CN(S(=O)(=O)c2cc(C(=O)NCCCN3CCCC3=O)ccc2Cl)C[C@H](C)O1. The minimum absolute atomic E-state index is 0.0749. The van der Waals surface area contributed by atoms with Crippen LogP contribution in [0.25, 0.3) is 0 Å². The van der Waals surface area contributed by atoms with Gasteiger partial charge in [0.1, 0.15) is 4.90 Å². The Hall–Kier alpha value is -1.68. The molecule has 8 nitrogen and oxygen atoms in total. The second-order valence-corrected chi connectivity index (χ2v) is 10.1. The summed E-state index contributed by atoms with van der Waals surface area (Å²) in [6.07, 6.45) is 1.66. The molecule has 0 bridgehead atoms. The van der Waals surface area contributed by atoms with Gasteiger partial charge in [-0.15, -0.1) is 0 Å². The van der Waals surface area contributed by atoms with E-state index in [1.165, 1.54) is 22.5 Å². The van der Waals surface area contributed by atoms with Crippen molar-refractivity contribution in [3.05, 3.63) is 28.8 Å². The third kappa shape index (κ3) is 5.32. The van der Waals surface area contributed by atoms with E-state index >= 15 is 0 Å². The fourth-order valence-corrected chi connectivity index (χ4v) is 5.91. The molecule has 2 aliphatic heterocycles. The third-order valence-corrected chi connectivity index (χ3v) is 7.57. The van der Waals surface area contributed by atoms with E-state index in [0.29, 0.717) is 25.9 Å². The molecular weight excluding hydrogens is 430 g/mol. The first-order chi connectivity index (χ1) is 14.2. The fraction of sp³-hybridized carbons (Fsp3) is 0.600. The zero-order valence-corrected chi connectivity index (χ0v) is 18.8. The van der Waals surface area contributed by atoms with Gasteiger partial charge in [-0.1, -0.05) is 11.6 Å². The van der Waals surface area contributed by atoms with Crippen LogP contribution in [-0.2, 0) is 19.6 Å². The summed E-state index contributed by atoms with van der Waals surface area (Å²) in [5.41, 5.74) is 0.226. The molecule has 2 fully saturated rings. The van der Waals surface area contributed by atoms with E-state index in [1.807, 2.05) is 13.8 Å². The molecule has 2 saturated heterocycles. The largest absolute Gasteiger partial charge is 0.373 e. The summed E-state index contributed by atoms with van der Waals surface area (Å²) in [6, 6.07) is 4.26. The van der Waals surface area contributed by atoms with Crippen molar-refractivity contribution in [2.45, 2.75) is 50.2 Å². The number of hydrogen-bond acceptors (Lipinski definition) is 5. The Morgan fingerprint density at radius 3 is 2.60 bits per heavy atom. The van der Waals surface area contributed by atoms with Gasteiger partial charge in [-0.05, 0) is 44.9 Å². The number of carbonyl (C=O) groups is 2. The molecule has 2 amide bonds. The molecule has 2 heterocycles. The molecule has 0 radical (unpaired) electrons. The maximum Gasteiger partial charge on any atom is 0.251 e. The summed E-state index contributed by atoms with van der Waals surface area (Å²) in [7, 11) is -3.86. The molecule has 0 aromatic heterocycles. The number of nitrogens with zero attached hydrogens (tertiary/aromatic N) is 2. The van der Waals surface area contributed by atoms with E-state index < -0.39 is 10.0 Å². The Balaban J connectivity index is 1.65. The number of hydrogen-bond donors (Lipinski definition) is 1. The normalized spacial score (nSPS) is 23.0. The Morgan fingerprint density at radius 2 is 1.97 bits per heavy atom. The Labute approximate surface area is 182 Å². The summed E-state index contributed by atoms with van der Waals surface area (Å²) in [4.78, 5) is 25.8. The minimum Gasteiger partial charge on any atom is -0.373 e. The van der Waals surface area contributed by atoms with E-state index in [-0.39, 0.29) is 52.6 Å². The molecule has 2 atom stereocenters. The van der Waals surface area contributed by atoms with Crippen LogP contribution in [0.15, 0.2) is 23.1 Å². The number of halogens is 1. The van der Waals surface area contributed by atoms with E-state index in [9.17, 15) is 18.0 Å². The van der Waals surface area contributed by atoms with Gasteiger partial charge in [0.2, 0.25) is 15.9 Å². The zero-order valence-electron chi connectivity index (χ0n) is 17.3. The molecule has 0 spiro atoms. The zero-order chi connectivity index (χ0) is 21.9. The van der Waals surface area contributed by atoms with Crippen LogP contribution in [0.4, 0.5) is 0 Å². The number of rotatable bonds is 7. The predicted octanol–water partition coefficient (Wildman–Crippen LogP) is 1.88. The number of morpholine rings is 1. The Bertz CT molecular complexity index is 898. The first-order valence-corrected chi connectivity index (χ1v) is 12.0. The van der Waals surface area contributed by atoms with Crippen molar-refractivity contribution in [1.29, 1.82) is 0 Å². The number of sulfonamides is 1. The predicted molar refractivity (Wildman–Crippen MR) is 113 cm³/mol. The molecule has 0 unspecified atom stereocenters. The third-order valence-electron chi connectivity index (χ3n) is 5.26. The molecule has 30 heavy (non-hydrogen) atoms. The van der Waals surface area contributed by atoms with Gasteiger partial charge in [-0.3, -0.25) is 9.59 Å². The summed E-state index contributed by atoms with van der Waals surface area (Å²) < 4.78 is 33.2. The van der Waals surface area contributed by atoms with Crippen LogP contribution in [0, 0.1) is 0 Å². The van der Waals surface area contributed by atoms with Crippen LogP contribution in [0.5, 0.6) is 0 Å². The lowest BCUT2D eigenvalue weighted by Gasteiger charge is -2.34. The summed E-state index contributed by atoms with van der Waals surface area (Å²) in [6.45, 7) is 5.87. The van der Waals surface area contributed by atoms with Gasteiger partial charge >= 0.3 is 0 Å². The van der Waals surface area contributed by atoms with E-state index in [2.05, 4.69) is 5.32 Å². The highest BCUT2D eigenvalue weighted by Crippen LogP contribution is 2.28. The van der Waals surface area contributed by atoms with Crippen LogP contribution in [0.2, 0.25) is 5.02 Å². The summed E-state index contributed by atoms with van der Waals surface area (Å²) in [5.74, 6) is -0.222. The first kappa shape index (κ1) is 23.0. The minimum atomic E-state index is -3.86. The first-order valence-electron chi connectivity index (χ1n) is 10.2. The monoisotopic (exact) mass is 457 g/mol. The van der Waals surface area contributed by atoms with Crippen LogP contribution < -0.4 is 5.32 Å². The van der Waals surface area contributed by atoms with E-state index in [4.69, 9.17) is 16.3 Å². The number of ether oxygens (including phenoxy) is 1. The molecule has 3 rings (SSSR count). The summed E-state index contributed by atoms with van der Waals surface area (Å²) in [5, 5.41) is 2.86. The molecular formula is C20H28ClN3O5S. The van der Waals surface area contributed by atoms with Crippen molar-refractivity contribution in [3.8, 4) is 0 Å². The van der Waals surface area contributed by atoms with Crippen molar-refractivity contribution in [3.63, 3.8) is 0 Å². The van der Waals surface area contributed by atoms with Gasteiger partial charge < -0.3 is 15.0 Å². The van der Waals surface area contributed by atoms with Crippen LogP contribution in [0.3, 0.4) is 0 Å². The highest BCUT2D eigenvalue weighted by atomic mass is 35.5. The molecule has 166 valence electrons. The lowest BCUT2D eigenvalue weighted by atomic mass is 10.2. The van der Waals surface area contributed by atoms with Gasteiger partial charge in [0.25, 0.3) is 5.91 Å². The van der Waals surface area contributed by atoms with Crippen molar-refractivity contribution in [2.24, 2.45) is 0 Å². The number of amides is 2. The van der Waals surface area contributed by atoms with Gasteiger partial charge in [0, 0.05) is 44.7 Å². The van der Waals surface area contributed by atoms with Gasteiger partial charge in [-0.2, -0.15) is 4.31 Å². The van der Waals surface area contributed by atoms with E-state index in [0.717, 1.165) is 13.0 Å². The molecule has 0 aliphatic carbocycles.